The maximum Gasteiger partial charge on any atom is 0.306 e. The van der Waals surface area contributed by atoms with Gasteiger partial charge in [0.1, 0.15) is 13.2 Å². The molecule has 105 heavy (non-hydrogen) atoms. The molecule has 2 unspecified atom stereocenters. The molecule has 0 saturated carbocycles. The van der Waals surface area contributed by atoms with Gasteiger partial charge in [0.05, 0.1) is 40.3 Å². The second kappa shape index (κ2) is 85.6. The summed E-state index contributed by atoms with van der Waals surface area (Å²) in [5, 5.41) is 11.9. The zero-order valence-electron chi connectivity index (χ0n) is 69.8. The van der Waals surface area contributed by atoms with E-state index in [1.165, 1.54) is 302 Å². The molecule has 0 rings (SSSR count). The lowest BCUT2D eigenvalue weighted by Crippen LogP contribution is -2.44. The third kappa shape index (κ3) is 87.1. The maximum absolute atomic E-state index is 13.0. The number of aliphatic carboxylic acids is 1. The SMILES string of the molecule is CC/C=C\C/C=C\C/C=C\C/C=C\C/C=C\C/C=C\C/C=C\C/C=C\CCCCCCCCCCCCCCCCC(=O)OC(COC(=O)CCCCCCCCCCCCCCCCCCCCCCCCCCCCCCC/C=C\CCCCCCCCCC)COC(OCC[N+](C)(C)C)C(=O)[O-]. The molecule has 2 atom stereocenters. The van der Waals surface area contributed by atoms with E-state index in [1.54, 1.807) is 0 Å². The van der Waals surface area contributed by atoms with Crippen LogP contribution < -0.4 is 5.11 Å². The van der Waals surface area contributed by atoms with Gasteiger partial charge in [0.2, 0.25) is 0 Å². The number of quaternary nitrogens is 1. The van der Waals surface area contributed by atoms with E-state index in [-0.39, 0.29) is 32.2 Å². The molecule has 9 heteroatoms. The Bertz CT molecular complexity index is 2110. The highest BCUT2D eigenvalue weighted by atomic mass is 16.7. The zero-order chi connectivity index (χ0) is 76.0. The minimum Gasteiger partial charge on any atom is -0.545 e. The summed E-state index contributed by atoms with van der Waals surface area (Å²) in [6.07, 6.45) is 118. The third-order valence-corrected chi connectivity index (χ3v) is 20.0. The topological polar surface area (TPSA) is 111 Å². The number of ether oxygens (including phenoxy) is 4. The molecule has 0 aliphatic rings. The first-order valence-electron chi connectivity index (χ1n) is 45.0. The lowest BCUT2D eigenvalue weighted by Gasteiger charge is -2.26. The van der Waals surface area contributed by atoms with Crippen molar-refractivity contribution in [2.75, 3.05) is 47.5 Å². The summed E-state index contributed by atoms with van der Waals surface area (Å²) in [6, 6.07) is 0. The summed E-state index contributed by atoms with van der Waals surface area (Å²) in [4.78, 5) is 37.7. The molecule has 0 radical (unpaired) electrons. The monoisotopic (exact) mass is 1470 g/mol. The van der Waals surface area contributed by atoms with Crippen molar-refractivity contribution < 1.29 is 42.9 Å². The van der Waals surface area contributed by atoms with E-state index in [1.807, 2.05) is 21.1 Å². The molecule has 0 N–H and O–H groups in total. The van der Waals surface area contributed by atoms with Crippen LogP contribution in [0.5, 0.6) is 0 Å². The molecule has 0 saturated heterocycles. The number of likely N-dealkylation sites (N-methyl/N-ethyl adjacent to an activating group) is 1. The molecule has 0 heterocycles. The van der Waals surface area contributed by atoms with Gasteiger partial charge in [-0.2, -0.15) is 0 Å². The van der Waals surface area contributed by atoms with Gasteiger partial charge < -0.3 is 33.3 Å². The zero-order valence-corrected chi connectivity index (χ0v) is 69.8. The number of esters is 2. The van der Waals surface area contributed by atoms with E-state index in [0.29, 0.717) is 23.9 Å². The van der Waals surface area contributed by atoms with Crippen LogP contribution in [0.25, 0.3) is 0 Å². The van der Waals surface area contributed by atoms with Gasteiger partial charge in [-0.15, -0.1) is 0 Å². The van der Waals surface area contributed by atoms with Gasteiger partial charge in [0.25, 0.3) is 0 Å². The summed E-state index contributed by atoms with van der Waals surface area (Å²) in [5.74, 6) is -2.26. The average molecular weight is 1470 g/mol. The number of carbonyl (C=O) groups excluding carboxylic acids is 3. The highest BCUT2D eigenvalue weighted by Crippen LogP contribution is 2.20. The Hall–Kier alpha value is -4.05. The fourth-order valence-electron chi connectivity index (χ4n) is 13.2. The molecule has 0 aliphatic carbocycles. The third-order valence-electron chi connectivity index (χ3n) is 20.0. The van der Waals surface area contributed by atoms with Crippen LogP contribution in [0, 0.1) is 0 Å². The van der Waals surface area contributed by atoms with Crippen LogP contribution in [-0.2, 0) is 33.3 Å². The molecule has 0 fully saturated rings. The number of hydrogen-bond donors (Lipinski definition) is 0. The second-order valence-corrected chi connectivity index (χ2v) is 31.5. The highest BCUT2D eigenvalue weighted by molar-refractivity contribution is 5.70. The maximum atomic E-state index is 13.0. The van der Waals surface area contributed by atoms with Gasteiger partial charge in [-0.1, -0.05) is 419 Å². The molecule has 0 amide bonds. The molecule has 0 aromatic carbocycles. The van der Waals surface area contributed by atoms with Crippen LogP contribution in [0.3, 0.4) is 0 Å². The van der Waals surface area contributed by atoms with Crippen molar-refractivity contribution in [1.82, 2.24) is 0 Å². The summed E-state index contributed by atoms with van der Waals surface area (Å²) in [6.45, 7) is 4.69. The normalized spacial score (nSPS) is 13.1. The number of hydrogen-bond acceptors (Lipinski definition) is 8. The molecule has 608 valence electrons. The van der Waals surface area contributed by atoms with Crippen molar-refractivity contribution in [3.05, 3.63) is 109 Å². The van der Waals surface area contributed by atoms with Gasteiger partial charge in [-0.25, -0.2) is 0 Å². The summed E-state index contributed by atoms with van der Waals surface area (Å²) >= 11 is 0. The first-order valence-corrected chi connectivity index (χ1v) is 45.0. The Labute approximate surface area is 651 Å². The lowest BCUT2D eigenvalue weighted by atomic mass is 10.0. The van der Waals surface area contributed by atoms with Gasteiger partial charge in [-0.05, 0) is 103 Å². The highest BCUT2D eigenvalue weighted by Gasteiger charge is 2.22. The van der Waals surface area contributed by atoms with Gasteiger partial charge >= 0.3 is 11.9 Å². The number of rotatable bonds is 84. The Morgan fingerprint density at radius 2 is 0.543 bits per heavy atom. The smallest absolute Gasteiger partial charge is 0.306 e. The van der Waals surface area contributed by atoms with Crippen molar-refractivity contribution in [3.8, 4) is 0 Å². The largest absolute Gasteiger partial charge is 0.545 e. The van der Waals surface area contributed by atoms with Crippen LogP contribution >= 0.6 is 0 Å². The van der Waals surface area contributed by atoms with E-state index in [2.05, 4.69) is 123 Å². The summed E-state index contributed by atoms with van der Waals surface area (Å²) in [7, 11) is 5.95. The molecular formula is C96H171NO8. The Morgan fingerprint density at radius 1 is 0.295 bits per heavy atom. The molecular weight excluding hydrogens is 1300 g/mol. The summed E-state index contributed by atoms with van der Waals surface area (Å²) in [5.41, 5.74) is 0. The molecule has 9 nitrogen and oxygen atoms in total. The Morgan fingerprint density at radius 3 is 0.819 bits per heavy atom. The van der Waals surface area contributed by atoms with Crippen molar-refractivity contribution in [1.29, 1.82) is 0 Å². The number of nitrogens with zero attached hydrogens (tertiary/aromatic N) is 1. The van der Waals surface area contributed by atoms with E-state index >= 15 is 0 Å². The second-order valence-electron chi connectivity index (χ2n) is 31.5. The fraction of sp³-hybridized carbons (Fsp3) is 0.781. The number of carboxylic acid groups (broad SMARTS) is 1. The Balaban J connectivity index is 3.95. The predicted octanol–water partition coefficient (Wildman–Crippen LogP) is 28.3. The number of carboxylic acids is 1. The van der Waals surface area contributed by atoms with E-state index in [4.69, 9.17) is 18.9 Å². The predicted molar refractivity (Wildman–Crippen MR) is 454 cm³/mol. The van der Waals surface area contributed by atoms with Crippen molar-refractivity contribution in [3.63, 3.8) is 0 Å². The Kier molecular flexibility index (Phi) is 82.3. The average Bonchev–Trinajstić information content (AvgIpc) is 1.97. The van der Waals surface area contributed by atoms with Crippen LogP contribution in [0.1, 0.15) is 425 Å². The van der Waals surface area contributed by atoms with Crippen molar-refractivity contribution in [2.45, 2.75) is 437 Å². The summed E-state index contributed by atoms with van der Waals surface area (Å²) < 4.78 is 22.9. The molecule has 0 bridgehead atoms. The molecule has 0 aromatic rings. The fourth-order valence-corrected chi connectivity index (χ4v) is 13.2. The van der Waals surface area contributed by atoms with Gasteiger partial charge in [-0.3, -0.25) is 9.59 Å². The van der Waals surface area contributed by atoms with Crippen LogP contribution in [0.2, 0.25) is 0 Å². The first kappa shape index (κ1) is 101. The number of unbranched alkanes of at least 4 members (excludes halogenated alkanes) is 51. The minimum absolute atomic E-state index is 0.146. The lowest BCUT2D eigenvalue weighted by molar-refractivity contribution is -0.870. The molecule has 0 aliphatic heterocycles. The van der Waals surface area contributed by atoms with E-state index in [9.17, 15) is 19.5 Å². The van der Waals surface area contributed by atoms with Crippen LogP contribution in [0.15, 0.2) is 109 Å². The number of carbonyl (C=O) groups is 3. The van der Waals surface area contributed by atoms with Gasteiger partial charge in [0, 0.05) is 12.8 Å². The van der Waals surface area contributed by atoms with Crippen molar-refractivity contribution >= 4 is 17.9 Å². The van der Waals surface area contributed by atoms with Crippen molar-refractivity contribution in [2.24, 2.45) is 0 Å². The molecule has 0 spiro atoms. The van der Waals surface area contributed by atoms with E-state index in [0.717, 1.165) is 89.9 Å². The van der Waals surface area contributed by atoms with E-state index < -0.39 is 24.3 Å². The van der Waals surface area contributed by atoms with Crippen LogP contribution in [0.4, 0.5) is 0 Å². The molecule has 0 aromatic heterocycles. The number of allylic oxidation sites excluding steroid dienone is 18. The first-order chi connectivity index (χ1) is 51.6. The standard InChI is InChI=1S/C96H171NO8/c1-6-8-10-12-14-16-18-20-22-24-26-28-30-32-34-36-38-40-42-44-46-47-49-50-52-54-56-58-60-62-64-66-68-70-72-74-76-78-80-82-84-86-93(98)103-90-92(91-104-96(95(100)101)102-89-88-97(3,4)5)105-94(99)87-85-83-81-79-77-75-73-71-69-67-65-63-61-59-57-55-53-51-48-45-43-41-39-37-35-33-31-29-27-25-23-21-19-17-15-13-11-9-7-2/h9,11,15,17,21,23-24,26-27,29,33,35,39,41,45,48,53,55,92,96H,6-8,10,12-14,16,18-20,22,25,28,30-32,34,36-38,40,42-44,46-47,49-52,54,56-91H2,1-5H3/b11-9-,17-15-,23-21-,26-24-,29-27-,35-33-,41-39-,48-45-,55-53-. The quantitative estimate of drug-likeness (QED) is 0.0195. The minimum atomic E-state index is -1.63. The van der Waals surface area contributed by atoms with Crippen LogP contribution in [-0.4, -0.2) is 82.3 Å². The van der Waals surface area contributed by atoms with Gasteiger partial charge in [0.15, 0.2) is 12.4 Å².